The molecule has 0 aromatic rings. The Balaban J connectivity index is 1.25. The number of carbonyl (C=O) groups excluding carboxylic acids is 4. The van der Waals surface area contributed by atoms with Gasteiger partial charge in [-0.25, -0.2) is 0 Å². The van der Waals surface area contributed by atoms with Crippen LogP contribution in [0, 0.1) is 0 Å². The van der Waals surface area contributed by atoms with Crippen LogP contribution in [0.5, 0.6) is 0 Å². The molecule has 448 valence electrons. The van der Waals surface area contributed by atoms with E-state index in [1.165, 1.54) is 0 Å². The van der Waals surface area contributed by atoms with Crippen LogP contribution >= 0.6 is 0 Å². The third-order valence-corrected chi connectivity index (χ3v) is 13.8. The molecule has 0 aromatic heterocycles. The van der Waals surface area contributed by atoms with Gasteiger partial charge >= 0.3 is 23.9 Å². The molecule has 34 heteroatoms. The van der Waals surface area contributed by atoms with Crippen molar-refractivity contribution in [3.63, 3.8) is 0 Å². The van der Waals surface area contributed by atoms with Gasteiger partial charge < -0.3 is 147 Å². The molecule has 0 radical (unpaired) electrons. The first-order chi connectivity index (χ1) is 36.8. The Morgan fingerprint density at radius 3 is 0.577 bits per heavy atom. The lowest BCUT2D eigenvalue weighted by Crippen LogP contribution is -2.69. The fraction of sp³-hybridized carbons (Fsp3) is 0.909. The molecule has 22 heterocycles. The molecule has 22 aliphatic rings. The van der Waals surface area contributed by atoms with Crippen molar-refractivity contribution in [2.75, 3.05) is 39.6 Å². The Labute approximate surface area is 441 Å². The van der Waals surface area contributed by atoms with Crippen LogP contribution in [-0.4, -0.2) is 319 Å². The lowest BCUT2D eigenvalue weighted by Gasteiger charge is -2.50. The van der Waals surface area contributed by atoms with E-state index < -0.39 is 248 Å². The number of ether oxygens (including phenoxy) is 16. The second-order valence-corrected chi connectivity index (χ2v) is 19.3. The largest absolute Gasteiger partial charge is 0.463 e. The quantitative estimate of drug-likeness (QED) is 0.0713. The van der Waals surface area contributed by atoms with Crippen LogP contribution in [0.25, 0.3) is 0 Å². The zero-order chi connectivity index (χ0) is 57.2. The van der Waals surface area contributed by atoms with Crippen molar-refractivity contribution in [2.45, 2.75) is 212 Å². The van der Waals surface area contributed by atoms with Crippen molar-refractivity contribution in [2.24, 2.45) is 0 Å². The summed E-state index contributed by atoms with van der Waals surface area (Å²) in [6.07, 6.45) is -61.0. The van der Waals surface area contributed by atoms with Gasteiger partial charge in [0.05, 0.1) is 13.2 Å². The zero-order valence-corrected chi connectivity index (χ0v) is 42.0. The summed E-state index contributed by atoms with van der Waals surface area (Å²) in [5.41, 5.74) is 0. The predicted octanol–water partition coefficient (Wildman–Crippen LogP) is -10.8. The Bertz CT molecular complexity index is 1820. The molecule has 22 fully saturated rings. The third kappa shape index (κ3) is 13.8. The van der Waals surface area contributed by atoms with E-state index in [1.54, 1.807) is 0 Å². The average Bonchev–Trinajstić information content (AvgIpc) is 3.51. The van der Waals surface area contributed by atoms with E-state index in [-0.39, 0.29) is 0 Å². The summed E-state index contributed by atoms with van der Waals surface area (Å²) < 4.78 is 90.5. The van der Waals surface area contributed by atoms with E-state index in [9.17, 15) is 90.7 Å². The van der Waals surface area contributed by atoms with Crippen molar-refractivity contribution in [3.8, 4) is 0 Å². The van der Waals surface area contributed by atoms with E-state index in [4.69, 9.17) is 75.8 Å². The number of aliphatic hydroxyl groups excluding tert-OH is 14. The van der Waals surface area contributed by atoms with Gasteiger partial charge in [0.1, 0.15) is 173 Å². The van der Waals surface area contributed by atoms with Gasteiger partial charge in [-0.1, -0.05) is 0 Å². The molecule has 30 unspecified atom stereocenters. The molecule has 12 bridgehead atoms. The third-order valence-electron chi connectivity index (χ3n) is 13.8. The minimum Gasteiger partial charge on any atom is -0.463 e. The van der Waals surface area contributed by atoms with Crippen LogP contribution < -0.4 is 0 Å². The fourth-order valence-corrected chi connectivity index (χ4v) is 9.67. The Morgan fingerprint density at radius 2 is 0.423 bits per heavy atom. The number of rotatable bonds is 10. The zero-order valence-electron chi connectivity index (χ0n) is 42.0. The molecule has 0 saturated carbocycles. The van der Waals surface area contributed by atoms with E-state index >= 15 is 0 Å². The molecule has 0 aliphatic carbocycles. The van der Waals surface area contributed by atoms with Gasteiger partial charge in [-0.05, 0) is 0 Å². The minimum atomic E-state index is -2.24. The first-order valence-corrected chi connectivity index (χ1v) is 24.6. The van der Waals surface area contributed by atoms with Crippen LogP contribution in [0.15, 0.2) is 0 Å². The maximum atomic E-state index is 12.0. The Kier molecular flexibility index (Phi) is 21.5. The van der Waals surface area contributed by atoms with E-state index in [0.717, 1.165) is 27.7 Å². The molecular weight excluding hydrogens is 1070 g/mol. The van der Waals surface area contributed by atoms with Crippen molar-refractivity contribution in [1.82, 2.24) is 0 Å². The van der Waals surface area contributed by atoms with Gasteiger partial charge in [0.2, 0.25) is 0 Å². The lowest BCUT2D eigenvalue weighted by atomic mass is 9.94. The van der Waals surface area contributed by atoms with Crippen LogP contribution in [0.3, 0.4) is 0 Å². The summed E-state index contributed by atoms with van der Waals surface area (Å²) in [6.45, 7) is -1.39. The standard InChI is InChI=1S/C44H68O34/c1-11(47)63-7-17-35-25(55)31(61)43(71-17)77-37-19(9-65-13(3)49)69-41(29(59)23(37)53)74-34-16(6-46)68-40(28(58)22(34)52)76-36-18(8-64-12(2)48)72-44(32(62)26(36)56)78-38-20(10-66-14(4)50)70-42(30(60)24(38)54)73-33-15(5-45)67-39(75-35)27(57)21(33)51/h15-46,51-62H,5-10H2,1-4H3. The molecule has 14 N–H and O–H groups in total. The average molecular weight is 1140 g/mol. The number of hydrogen-bond donors (Lipinski definition) is 14. The second kappa shape index (κ2) is 26.8. The molecule has 78 heavy (non-hydrogen) atoms. The molecule has 22 saturated heterocycles. The smallest absolute Gasteiger partial charge is 0.302 e. The highest BCUT2D eigenvalue weighted by molar-refractivity contribution is 5.66. The molecule has 0 spiro atoms. The van der Waals surface area contributed by atoms with E-state index in [0.29, 0.717) is 0 Å². The van der Waals surface area contributed by atoms with E-state index in [2.05, 4.69) is 0 Å². The summed E-state index contributed by atoms with van der Waals surface area (Å²) in [6, 6.07) is 0. The highest BCUT2D eigenvalue weighted by atomic mass is 16.8. The molecule has 34 nitrogen and oxygen atoms in total. The molecule has 22 rings (SSSR count). The van der Waals surface area contributed by atoms with Crippen molar-refractivity contribution >= 4 is 23.9 Å². The first kappa shape index (κ1) is 62.4. The van der Waals surface area contributed by atoms with Gasteiger partial charge in [0.25, 0.3) is 0 Å². The monoisotopic (exact) mass is 1140 g/mol. The molecule has 22 aliphatic heterocycles. The van der Waals surface area contributed by atoms with Crippen LogP contribution in [-0.2, 0) is 95.0 Å². The van der Waals surface area contributed by atoms with Gasteiger partial charge in [0, 0.05) is 27.7 Å². The highest BCUT2D eigenvalue weighted by Gasteiger charge is 2.59. The molecule has 30 atom stereocenters. The Morgan fingerprint density at radius 1 is 0.269 bits per heavy atom. The van der Waals surface area contributed by atoms with Crippen LogP contribution in [0.2, 0.25) is 0 Å². The summed E-state index contributed by atoms with van der Waals surface area (Å²) in [5.74, 6) is -3.63. The molecule has 0 amide bonds. The number of carbonyl (C=O) groups is 4. The van der Waals surface area contributed by atoms with Crippen LogP contribution in [0.4, 0.5) is 0 Å². The van der Waals surface area contributed by atoms with Crippen LogP contribution in [0.1, 0.15) is 27.7 Å². The number of esters is 4. The maximum absolute atomic E-state index is 12.0. The van der Waals surface area contributed by atoms with Gasteiger partial charge in [0.15, 0.2) is 37.7 Å². The topological polar surface area (TPSA) is 499 Å². The minimum absolute atomic E-state index is 0.806. The summed E-state index contributed by atoms with van der Waals surface area (Å²) >= 11 is 0. The summed E-state index contributed by atoms with van der Waals surface area (Å²) in [7, 11) is 0. The molecular formula is C44H68O34. The van der Waals surface area contributed by atoms with Crippen molar-refractivity contribution in [1.29, 1.82) is 0 Å². The van der Waals surface area contributed by atoms with Crippen molar-refractivity contribution in [3.05, 3.63) is 0 Å². The Hall–Kier alpha value is -3.16. The highest BCUT2D eigenvalue weighted by Crippen LogP contribution is 2.38. The first-order valence-electron chi connectivity index (χ1n) is 24.6. The number of aliphatic hydroxyl groups is 14. The van der Waals surface area contributed by atoms with E-state index in [1.807, 2.05) is 0 Å². The SMILES string of the molecule is CC(=O)OCC1OC2OC3C(COC(C)=O)OC(OC4C(CO)OC(OC5C(COC(C)=O)OC(OC6C(COC(C)=O)OC(OC7C(CO)OC(OC1C(O)C2O)C(O)C7O)C(O)C6O)C(O)C5O)C(O)C4O)C(O)C3O. The van der Waals surface area contributed by atoms with Gasteiger partial charge in [-0.15, -0.1) is 0 Å². The summed E-state index contributed by atoms with van der Waals surface area (Å²) in [4.78, 5) is 48.2. The second-order valence-electron chi connectivity index (χ2n) is 19.3. The fourth-order valence-electron chi connectivity index (χ4n) is 9.67. The normalized spacial score (nSPS) is 48.3. The van der Waals surface area contributed by atoms with Gasteiger partial charge in [-0.3, -0.25) is 19.2 Å². The van der Waals surface area contributed by atoms with Gasteiger partial charge in [-0.2, -0.15) is 0 Å². The maximum Gasteiger partial charge on any atom is 0.302 e. The number of hydrogen-bond acceptors (Lipinski definition) is 34. The molecule has 0 aromatic carbocycles. The lowest BCUT2D eigenvalue weighted by molar-refractivity contribution is -0.404. The predicted molar refractivity (Wildman–Crippen MR) is 234 cm³/mol. The van der Waals surface area contributed by atoms with Crippen molar-refractivity contribution < 1.29 is 166 Å². The summed E-state index contributed by atoms with van der Waals surface area (Å²) in [5, 5.41) is 159.